The predicted molar refractivity (Wildman–Crippen MR) is 128 cm³/mol. The quantitative estimate of drug-likeness (QED) is 0.513. The molecule has 0 radical (unpaired) electrons. The Bertz CT molecular complexity index is 1420. The molecule has 0 saturated heterocycles. The third kappa shape index (κ3) is 4.18. The molecule has 0 fully saturated rings. The van der Waals surface area contributed by atoms with Crippen LogP contribution in [-0.4, -0.2) is 17.1 Å². The molecular weight excluding hydrogens is 467 g/mol. The van der Waals surface area contributed by atoms with Gasteiger partial charge in [-0.2, -0.15) is 0 Å². The number of rotatable bonds is 4. The predicted octanol–water partition coefficient (Wildman–Crippen LogP) is 4.41. The minimum Gasteiger partial charge on any atom is -0.463 e. The number of aromatic nitrogens is 1. The van der Waals surface area contributed by atoms with Gasteiger partial charge < -0.3 is 4.74 Å². The van der Waals surface area contributed by atoms with Gasteiger partial charge >= 0.3 is 5.97 Å². The first kappa shape index (κ1) is 22.5. The highest BCUT2D eigenvalue weighted by atomic mass is 35.5. The Morgan fingerprint density at radius 3 is 2.53 bits per heavy atom. The van der Waals surface area contributed by atoms with Crippen LogP contribution in [0.5, 0.6) is 0 Å². The van der Waals surface area contributed by atoms with Crippen LogP contribution in [0.4, 0.5) is 0 Å². The number of allylic oxidation sites excluding steroid dienone is 1. The lowest BCUT2D eigenvalue weighted by atomic mass is 9.95. The van der Waals surface area contributed by atoms with E-state index in [1.807, 2.05) is 31.2 Å². The van der Waals surface area contributed by atoms with E-state index < -0.39 is 12.0 Å². The molecule has 1 aliphatic heterocycles. The van der Waals surface area contributed by atoms with Crippen LogP contribution in [0, 0.1) is 6.92 Å². The van der Waals surface area contributed by atoms with Gasteiger partial charge in [0.1, 0.15) is 0 Å². The molecule has 1 aliphatic rings. The summed E-state index contributed by atoms with van der Waals surface area (Å²) in [5.74, 6) is -0.474. The summed E-state index contributed by atoms with van der Waals surface area (Å²) in [5, 5.41) is 0.852. The minimum absolute atomic E-state index is 0.234. The Morgan fingerprint density at radius 2 is 1.88 bits per heavy atom. The number of esters is 1. The number of hydrogen-bond acceptors (Lipinski definition) is 5. The number of fused-ring (bicyclic) bond motifs is 1. The highest BCUT2D eigenvalue weighted by molar-refractivity contribution is 7.07. The van der Waals surface area contributed by atoms with Crippen LogP contribution in [0.2, 0.25) is 10.0 Å². The van der Waals surface area contributed by atoms with Gasteiger partial charge in [-0.1, -0.05) is 70.4 Å². The van der Waals surface area contributed by atoms with Gasteiger partial charge in [-0.25, -0.2) is 9.79 Å². The van der Waals surface area contributed by atoms with Crippen molar-refractivity contribution in [1.29, 1.82) is 0 Å². The van der Waals surface area contributed by atoms with Gasteiger partial charge in [0.25, 0.3) is 5.56 Å². The summed E-state index contributed by atoms with van der Waals surface area (Å²) >= 11 is 13.4. The molecule has 5 nitrogen and oxygen atoms in total. The van der Waals surface area contributed by atoms with Crippen molar-refractivity contribution in [3.05, 3.63) is 100 Å². The van der Waals surface area contributed by atoms with Gasteiger partial charge in [-0.15, -0.1) is 0 Å². The summed E-state index contributed by atoms with van der Waals surface area (Å²) in [6.45, 7) is 5.74. The molecule has 0 spiro atoms. The second kappa shape index (κ2) is 9.06. The minimum atomic E-state index is -0.623. The third-order valence-electron chi connectivity index (χ3n) is 5.15. The van der Waals surface area contributed by atoms with Crippen molar-refractivity contribution in [1.82, 2.24) is 4.57 Å². The highest BCUT2D eigenvalue weighted by Crippen LogP contribution is 2.31. The Balaban J connectivity index is 1.95. The summed E-state index contributed by atoms with van der Waals surface area (Å²) in [7, 11) is 0. The fourth-order valence-corrected chi connectivity index (χ4v) is 4.96. The van der Waals surface area contributed by atoms with E-state index in [0.717, 1.165) is 16.7 Å². The van der Waals surface area contributed by atoms with Crippen LogP contribution in [0.25, 0.3) is 6.08 Å². The molecule has 0 amide bonds. The molecule has 2 heterocycles. The number of thiazole rings is 1. The van der Waals surface area contributed by atoms with Crippen molar-refractivity contribution in [3.8, 4) is 0 Å². The summed E-state index contributed by atoms with van der Waals surface area (Å²) in [5.41, 5.74) is 3.31. The first-order valence-electron chi connectivity index (χ1n) is 10.0. The topological polar surface area (TPSA) is 60.7 Å². The first-order chi connectivity index (χ1) is 15.3. The van der Waals surface area contributed by atoms with Crippen molar-refractivity contribution in [3.63, 3.8) is 0 Å². The number of carbonyl (C=O) groups is 1. The maximum Gasteiger partial charge on any atom is 0.338 e. The molecule has 0 saturated carbocycles. The molecule has 0 N–H and O–H groups in total. The number of nitrogens with zero attached hydrogens (tertiary/aromatic N) is 2. The molecule has 8 heteroatoms. The Labute approximate surface area is 198 Å². The number of halogens is 2. The zero-order valence-corrected chi connectivity index (χ0v) is 20.0. The van der Waals surface area contributed by atoms with Gasteiger partial charge in [0.15, 0.2) is 4.80 Å². The number of aryl methyl sites for hydroxylation is 1. The molecule has 4 rings (SSSR count). The van der Waals surface area contributed by atoms with Crippen LogP contribution in [0.1, 0.15) is 36.6 Å². The largest absolute Gasteiger partial charge is 0.463 e. The number of ether oxygens (including phenoxy) is 1. The van der Waals surface area contributed by atoms with Crippen molar-refractivity contribution >= 4 is 46.6 Å². The molecule has 3 aromatic rings. The molecule has 32 heavy (non-hydrogen) atoms. The van der Waals surface area contributed by atoms with E-state index in [1.54, 1.807) is 42.7 Å². The Hall–Kier alpha value is -2.67. The molecular formula is C24H20Cl2N2O3S. The second-order valence-electron chi connectivity index (χ2n) is 7.39. The number of carbonyl (C=O) groups excluding carboxylic acids is 1. The SMILES string of the molecule is CCOC(=O)C1=C(C)N=c2sc(=Cc3ccc(Cl)c(Cl)c3)c(=O)n2[C@H]1c1ccc(C)cc1. The van der Waals surface area contributed by atoms with Crippen LogP contribution in [-0.2, 0) is 9.53 Å². The monoisotopic (exact) mass is 486 g/mol. The molecule has 0 unspecified atom stereocenters. The molecule has 0 aliphatic carbocycles. The maximum absolute atomic E-state index is 13.5. The molecule has 1 aromatic heterocycles. The third-order valence-corrected chi connectivity index (χ3v) is 6.87. The summed E-state index contributed by atoms with van der Waals surface area (Å²) < 4.78 is 7.36. The average Bonchev–Trinajstić information content (AvgIpc) is 3.05. The lowest BCUT2D eigenvalue weighted by Crippen LogP contribution is -2.39. The van der Waals surface area contributed by atoms with E-state index in [0.29, 0.717) is 30.6 Å². The van der Waals surface area contributed by atoms with E-state index in [9.17, 15) is 9.59 Å². The zero-order chi connectivity index (χ0) is 23.0. The van der Waals surface area contributed by atoms with Gasteiger partial charge in [0.05, 0.1) is 38.5 Å². The van der Waals surface area contributed by atoms with Crippen molar-refractivity contribution in [2.24, 2.45) is 4.99 Å². The normalized spacial score (nSPS) is 16.0. The number of benzene rings is 2. The van der Waals surface area contributed by atoms with E-state index >= 15 is 0 Å². The van der Waals surface area contributed by atoms with E-state index in [4.69, 9.17) is 27.9 Å². The van der Waals surface area contributed by atoms with E-state index in [2.05, 4.69) is 4.99 Å². The molecule has 2 aromatic carbocycles. The lowest BCUT2D eigenvalue weighted by Gasteiger charge is -2.24. The summed E-state index contributed by atoms with van der Waals surface area (Å²) in [4.78, 5) is 31.5. The van der Waals surface area contributed by atoms with Crippen LogP contribution < -0.4 is 14.9 Å². The van der Waals surface area contributed by atoms with Gasteiger partial charge in [0, 0.05) is 0 Å². The van der Waals surface area contributed by atoms with Crippen LogP contribution in [0.15, 0.2) is 63.5 Å². The standard InChI is InChI=1S/C24H20Cl2N2O3S/c1-4-31-23(30)20-14(3)27-24-28(21(20)16-8-5-13(2)6-9-16)22(29)19(32-24)12-15-7-10-17(25)18(26)11-15/h5-12,21H,4H2,1-3H3/t21-/m0/s1. The molecule has 0 bridgehead atoms. The van der Waals surface area contributed by atoms with Gasteiger partial charge in [-0.3, -0.25) is 9.36 Å². The van der Waals surface area contributed by atoms with Crippen LogP contribution >= 0.6 is 34.5 Å². The van der Waals surface area contributed by atoms with Crippen molar-refractivity contribution < 1.29 is 9.53 Å². The smallest absolute Gasteiger partial charge is 0.338 e. The number of hydrogen-bond donors (Lipinski definition) is 0. The van der Waals surface area contributed by atoms with Gasteiger partial charge in [0.2, 0.25) is 0 Å². The second-order valence-corrected chi connectivity index (χ2v) is 9.21. The van der Waals surface area contributed by atoms with Crippen molar-refractivity contribution in [2.75, 3.05) is 6.61 Å². The zero-order valence-electron chi connectivity index (χ0n) is 17.7. The van der Waals surface area contributed by atoms with E-state index in [1.165, 1.54) is 11.3 Å². The van der Waals surface area contributed by atoms with E-state index in [-0.39, 0.29) is 12.2 Å². The molecule has 164 valence electrons. The van der Waals surface area contributed by atoms with Crippen molar-refractivity contribution in [2.45, 2.75) is 26.8 Å². The van der Waals surface area contributed by atoms with Gasteiger partial charge in [-0.05, 0) is 50.1 Å². The Kier molecular flexibility index (Phi) is 6.38. The lowest BCUT2D eigenvalue weighted by molar-refractivity contribution is -0.139. The maximum atomic E-state index is 13.5. The highest BCUT2D eigenvalue weighted by Gasteiger charge is 2.33. The summed E-state index contributed by atoms with van der Waals surface area (Å²) in [6.07, 6.45) is 1.75. The first-order valence-corrected chi connectivity index (χ1v) is 11.6. The fraction of sp³-hybridized carbons (Fsp3) is 0.208. The fourth-order valence-electron chi connectivity index (χ4n) is 3.61. The Morgan fingerprint density at radius 1 is 1.16 bits per heavy atom. The summed E-state index contributed by atoms with van der Waals surface area (Å²) in [6, 6.07) is 12.3. The average molecular weight is 487 g/mol. The van der Waals surface area contributed by atoms with Crippen LogP contribution in [0.3, 0.4) is 0 Å². The molecule has 1 atom stereocenters.